The largest absolute Gasteiger partial charge is 0.327 e. The predicted octanol–water partition coefficient (Wildman–Crippen LogP) is 2.77. The third kappa shape index (κ3) is 2.20. The van der Waals surface area contributed by atoms with Gasteiger partial charge in [0.1, 0.15) is 0 Å². The average Bonchev–Trinajstić information content (AvgIpc) is 2.96. The van der Waals surface area contributed by atoms with E-state index in [1.165, 1.54) is 34.6 Å². The molecule has 94 valence electrons. The van der Waals surface area contributed by atoms with Crippen LogP contribution in [-0.2, 0) is 19.9 Å². The molecule has 2 aromatic heterocycles. The molecule has 0 aliphatic heterocycles. The van der Waals surface area contributed by atoms with Crippen molar-refractivity contribution in [3.8, 4) is 0 Å². The van der Waals surface area contributed by atoms with Crippen LogP contribution >= 0.6 is 22.7 Å². The first kappa shape index (κ1) is 11.9. The fourth-order valence-corrected chi connectivity index (χ4v) is 4.04. The third-order valence-electron chi connectivity index (χ3n) is 3.16. The minimum Gasteiger partial charge on any atom is -0.327 e. The Morgan fingerprint density at radius 2 is 2.22 bits per heavy atom. The van der Waals surface area contributed by atoms with Gasteiger partial charge in [0.15, 0.2) is 4.80 Å². The molecule has 0 atom stereocenters. The van der Waals surface area contributed by atoms with Crippen molar-refractivity contribution < 1.29 is 4.79 Å². The van der Waals surface area contributed by atoms with Gasteiger partial charge < -0.3 is 4.57 Å². The van der Waals surface area contributed by atoms with Gasteiger partial charge in [0.05, 0.1) is 4.88 Å². The Balaban J connectivity index is 1.94. The van der Waals surface area contributed by atoms with E-state index in [1.807, 2.05) is 29.3 Å². The molecular formula is C13H14N2OS2. The molecular weight excluding hydrogens is 264 g/mol. The topological polar surface area (TPSA) is 34.4 Å². The number of hydrogen-bond donors (Lipinski definition) is 0. The minimum absolute atomic E-state index is 0.104. The van der Waals surface area contributed by atoms with Crippen LogP contribution in [-0.4, -0.2) is 10.5 Å². The van der Waals surface area contributed by atoms with Crippen molar-refractivity contribution in [1.82, 2.24) is 4.57 Å². The highest BCUT2D eigenvalue weighted by atomic mass is 32.1. The van der Waals surface area contributed by atoms with Gasteiger partial charge in [-0.15, -0.1) is 22.7 Å². The summed E-state index contributed by atoms with van der Waals surface area (Å²) in [5.41, 5.74) is 1.36. The second-order valence-corrected chi connectivity index (χ2v) is 6.49. The van der Waals surface area contributed by atoms with Gasteiger partial charge in [0.2, 0.25) is 0 Å². The molecule has 0 unspecified atom stereocenters. The Labute approximate surface area is 113 Å². The molecule has 18 heavy (non-hydrogen) atoms. The summed E-state index contributed by atoms with van der Waals surface area (Å²) in [6, 6.07) is 2.04. The maximum absolute atomic E-state index is 12.1. The standard InChI is InChI=1S/C13H14N2OS2/c1-15-6-7-17-13(15)14-12(16)11-8-9-4-2-3-5-10(9)18-11/h6-8H,2-5H2,1H3. The third-order valence-corrected chi connectivity index (χ3v) is 5.24. The number of nitrogens with zero attached hydrogens (tertiary/aromatic N) is 2. The van der Waals surface area contributed by atoms with E-state index in [9.17, 15) is 4.79 Å². The number of thiazole rings is 1. The first-order valence-corrected chi connectivity index (χ1v) is 7.74. The molecule has 5 heteroatoms. The summed E-state index contributed by atoms with van der Waals surface area (Å²) >= 11 is 3.11. The summed E-state index contributed by atoms with van der Waals surface area (Å²) in [5.74, 6) is -0.104. The van der Waals surface area contributed by atoms with Crippen LogP contribution in [0.15, 0.2) is 22.6 Å². The number of amides is 1. The Morgan fingerprint density at radius 1 is 1.39 bits per heavy atom. The zero-order valence-electron chi connectivity index (χ0n) is 10.2. The van der Waals surface area contributed by atoms with Gasteiger partial charge >= 0.3 is 0 Å². The number of carbonyl (C=O) groups is 1. The van der Waals surface area contributed by atoms with E-state index in [0.29, 0.717) is 0 Å². The van der Waals surface area contributed by atoms with E-state index in [0.717, 1.165) is 22.5 Å². The molecule has 1 amide bonds. The van der Waals surface area contributed by atoms with E-state index in [1.54, 1.807) is 11.3 Å². The number of aromatic nitrogens is 1. The van der Waals surface area contributed by atoms with Crippen LogP contribution in [0.25, 0.3) is 0 Å². The summed E-state index contributed by atoms with van der Waals surface area (Å²) in [6.45, 7) is 0. The van der Waals surface area contributed by atoms with Crippen molar-refractivity contribution in [2.75, 3.05) is 0 Å². The smallest absolute Gasteiger partial charge is 0.289 e. The van der Waals surface area contributed by atoms with Crippen molar-refractivity contribution in [3.05, 3.63) is 37.8 Å². The fraction of sp³-hybridized carbons (Fsp3) is 0.385. The van der Waals surface area contributed by atoms with Crippen LogP contribution in [0.2, 0.25) is 0 Å². The van der Waals surface area contributed by atoms with Crippen molar-refractivity contribution in [2.45, 2.75) is 25.7 Å². The Bertz CT molecular complexity index is 624. The zero-order chi connectivity index (χ0) is 12.5. The van der Waals surface area contributed by atoms with E-state index in [-0.39, 0.29) is 5.91 Å². The van der Waals surface area contributed by atoms with Crippen LogP contribution in [0.1, 0.15) is 33.0 Å². The lowest BCUT2D eigenvalue weighted by molar-refractivity contribution is 0.100. The van der Waals surface area contributed by atoms with Gasteiger partial charge in [-0.1, -0.05) is 0 Å². The maximum atomic E-state index is 12.1. The molecule has 1 aliphatic rings. The molecule has 0 saturated carbocycles. The van der Waals surface area contributed by atoms with Gasteiger partial charge in [-0.3, -0.25) is 4.79 Å². The quantitative estimate of drug-likeness (QED) is 0.790. The van der Waals surface area contributed by atoms with Gasteiger partial charge in [-0.25, -0.2) is 0 Å². The molecule has 2 heterocycles. The lowest BCUT2D eigenvalue weighted by Crippen LogP contribution is -2.12. The summed E-state index contributed by atoms with van der Waals surface area (Å²) < 4.78 is 1.87. The molecule has 0 spiro atoms. The lowest BCUT2D eigenvalue weighted by atomic mass is 9.99. The molecule has 3 nitrogen and oxygen atoms in total. The van der Waals surface area contributed by atoms with Gasteiger partial charge in [0.25, 0.3) is 5.91 Å². The number of fused-ring (bicyclic) bond motifs is 1. The highest BCUT2D eigenvalue weighted by molar-refractivity contribution is 7.14. The van der Waals surface area contributed by atoms with Gasteiger partial charge in [-0.05, 0) is 37.3 Å². The van der Waals surface area contributed by atoms with Crippen LogP contribution in [0.4, 0.5) is 0 Å². The van der Waals surface area contributed by atoms with Gasteiger partial charge in [-0.2, -0.15) is 4.99 Å². The van der Waals surface area contributed by atoms with E-state index in [2.05, 4.69) is 4.99 Å². The van der Waals surface area contributed by atoms with Crippen molar-refractivity contribution in [3.63, 3.8) is 0 Å². The molecule has 0 fully saturated rings. The number of thiophene rings is 1. The minimum atomic E-state index is -0.104. The molecule has 2 aromatic rings. The summed E-state index contributed by atoms with van der Waals surface area (Å²) in [4.78, 5) is 19.2. The molecule has 3 rings (SSSR count). The first-order chi connectivity index (χ1) is 8.74. The molecule has 0 radical (unpaired) electrons. The molecule has 0 aromatic carbocycles. The Morgan fingerprint density at radius 3 is 2.94 bits per heavy atom. The SMILES string of the molecule is Cn1ccsc1=NC(=O)c1cc2c(s1)CCCC2. The zero-order valence-corrected chi connectivity index (χ0v) is 11.8. The summed E-state index contributed by atoms with van der Waals surface area (Å²) in [6.07, 6.45) is 6.65. The number of aryl methyl sites for hydroxylation is 3. The molecule has 0 bridgehead atoms. The molecule has 1 aliphatic carbocycles. The van der Waals surface area contributed by atoms with Crippen molar-refractivity contribution in [2.24, 2.45) is 12.0 Å². The van der Waals surface area contributed by atoms with Crippen LogP contribution in [0.5, 0.6) is 0 Å². The first-order valence-electron chi connectivity index (χ1n) is 6.05. The number of hydrogen-bond acceptors (Lipinski definition) is 3. The van der Waals surface area contributed by atoms with Crippen molar-refractivity contribution >= 4 is 28.6 Å². The van der Waals surface area contributed by atoms with E-state index < -0.39 is 0 Å². The average molecular weight is 278 g/mol. The molecule has 0 saturated heterocycles. The second kappa shape index (κ2) is 4.82. The van der Waals surface area contributed by atoms with Gasteiger partial charge in [0, 0.05) is 23.5 Å². The Hall–Kier alpha value is -1.20. The molecule has 0 N–H and O–H groups in total. The number of rotatable bonds is 1. The second-order valence-electron chi connectivity index (χ2n) is 4.48. The predicted molar refractivity (Wildman–Crippen MR) is 74.1 cm³/mol. The highest BCUT2D eigenvalue weighted by Gasteiger charge is 2.16. The van der Waals surface area contributed by atoms with E-state index >= 15 is 0 Å². The Kier molecular flexibility index (Phi) is 3.18. The highest BCUT2D eigenvalue weighted by Crippen LogP contribution is 2.29. The fourth-order valence-electron chi connectivity index (χ4n) is 2.17. The van der Waals surface area contributed by atoms with Crippen LogP contribution in [0, 0.1) is 0 Å². The van der Waals surface area contributed by atoms with E-state index in [4.69, 9.17) is 0 Å². The monoisotopic (exact) mass is 278 g/mol. The number of carbonyl (C=O) groups excluding carboxylic acids is 1. The normalized spacial score (nSPS) is 15.7. The summed E-state index contributed by atoms with van der Waals surface area (Å²) in [7, 11) is 1.90. The summed E-state index contributed by atoms with van der Waals surface area (Å²) in [5, 5.41) is 1.94. The maximum Gasteiger partial charge on any atom is 0.289 e. The van der Waals surface area contributed by atoms with Crippen LogP contribution < -0.4 is 4.80 Å². The van der Waals surface area contributed by atoms with Crippen LogP contribution in [0.3, 0.4) is 0 Å². The lowest BCUT2D eigenvalue weighted by Gasteiger charge is -2.08. The van der Waals surface area contributed by atoms with Crippen molar-refractivity contribution in [1.29, 1.82) is 0 Å².